The van der Waals surface area contributed by atoms with Crippen molar-refractivity contribution < 1.29 is 29.0 Å². The molecule has 0 aliphatic heterocycles. The van der Waals surface area contributed by atoms with Crippen molar-refractivity contribution in [2.75, 3.05) is 13.4 Å². The first-order valence-corrected chi connectivity index (χ1v) is 17.1. The minimum absolute atomic E-state index is 0.110. The molecule has 3 aromatic carbocycles. The number of oxime groups is 1. The summed E-state index contributed by atoms with van der Waals surface area (Å²) < 4.78 is 13.1. The number of benzene rings is 3. The smallest absolute Gasteiger partial charge is 0.348 e. The molecule has 50 heavy (non-hydrogen) atoms. The van der Waals surface area contributed by atoms with Crippen LogP contribution in [0.5, 0.6) is 5.75 Å². The fourth-order valence-electron chi connectivity index (χ4n) is 5.26. The molecule has 2 heterocycles. The van der Waals surface area contributed by atoms with Gasteiger partial charge in [-0.2, -0.15) is 0 Å². The van der Waals surface area contributed by atoms with E-state index in [1.807, 2.05) is 74.5 Å². The average Bonchev–Trinajstić information content (AvgIpc) is 3.31. The predicted octanol–water partition coefficient (Wildman–Crippen LogP) is 8.64. The Morgan fingerprint density at radius 2 is 1.80 bits per heavy atom. The van der Waals surface area contributed by atoms with Crippen LogP contribution in [0.2, 0.25) is 5.02 Å². The molecular formula is C37H39ClN4O7S. The molecule has 5 rings (SSSR count). The Hall–Kier alpha value is -4.81. The second-order valence-corrected chi connectivity index (χ2v) is 15.6. The number of carbonyl (C=O) groups is 1. The van der Waals surface area contributed by atoms with Gasteiger partial charge in [-0.1, -0.05) is 87.8 Å². The van der Waals surface area contributed by atoms with Crippen LogP contribution in [0, 0.1) is 15.5 Å². The minimum atomic E-state index is -1.05. The molecule has 0 aliphatic carbocycles. The molecular weight excluding hydrogens is 680 g/mol. The molecule has 0 saturated carbocycles. The van der Waals surface area contributed by atoms with E-state index in [-0.39, 0.29) is 4.75 Å². The Balaban J connectivity index is 1.46. The van der Waals surface area contributed by atoms with Crippen LogP contribution < -0.4 is 4.74 Å². The summed E-state index contributed by atoms with van der Waals surface area (Å²) in [6.07, 6.45) is 2.23. The molecule has 0 amide bonds. The molecule has 13 heteroatoms. The van der Waals surface area contributed by atoms with Gasteiger partial charge in [0.15, 0.2) is 0 Å². The maximum Gasteiger partial charge on any atom is 0.348 e. The minimum Gasteiger partial charge on any atom is -0.487 e. The van der Waals surface area contributed by atoms with Crippen molar-refractivity contribution in [3.05, 3.63) is 111 Å². The third-order valence-electron chi connectivity index (χ3n) is 7.46. The lowest BCUT2D eigenvalue weighted by Crippen LogP contribution is -2.21. The topological polar surface area (TPSA) is 127 Å². The van der Waals surface area contributed by atoms with Crippen LogP contribution in [-0.4, -0.2) is 45.0 Å². The summed E-state index contributed by atoms with van der Waals surface area (Å²) >= 11 is 8.02. The Morgan fingerprint density at radius 1 is 1.04 bits per heavy atom. The van der Waals surface area contributed by atoms with Crippen molar-refractivity contribution in [3.8, 4) is 5.75 Å². The first-order valence-electron chi connectivity index (χ1n) is 15.9. The first-order chi connectivity index (χ1) is 23.8. The summed E-state index contributed by atoms with van der Waals surface area (Å²) in [6, 6.07) is 26.1. The molecule has 0 spiro atoms. The SMILES string of the molecule is CC(C)(/C=N/OCC(=O)OCO[N+](=O)[O-])Cc1c(SC(C)(C)C)c2cc(OCc3ccc4ccccc4n3)ccc2n1Cc1ccc(Cl)cc1. The van der Waals surface area contributed by atoms with E-state index in [9.17, 15) is 14.9 Å². The first kappa shape index (κ1) is 36.5. The van der Waals surface area contributed by atoms with Crippen LogP contribution >= 0.6 is 23.4 Å². The van der Waals surface area contributed by atoms with E-state index >= 15 is 0 Å². The summed E-state index contributed by atoms with van der Waals surface area (Å²) in [6.45, 7) is 10.2. The van der Waals surface area contributed by atoms with Gasteiger partial charge in [0.25, 0.3) is 5.09 Å². The van der Waals surface area contributed by atoms with Crippen molar-refractivity contribution in [1.29, 1.82) is 0 Å². The zero-order valence-electron chi connectivity index (χ0n) is 28.6. The monoisotopic (exact) mass is 718 g/mol. The van der Waals surface area contributed by atoms with E-state index in [1.165, 1.54) is 0 Å². The van der Waals surface area contributed by atoms with Gasteiger partial charge in [-0.15, -0.1) is 21.9 Å². The molecule has 0 aliphatic rings. The van der Waals surface area contributed by atoms with Gasteiger partial charge in [0, 0.05) is 54.8 Å². The van der Waals surface area contributed by atoms with Crippen molar-refractivity contribution in [2.45, 2.75) is 63.8 Å². The fraction of sp³-hybridized carbons (Fsp3) is 0.324. The van der Waals surface area contributed by atoms with Crippen molar-refractivity contribution in [1.82, 2.24) is 9.55 Å². The summed E-state index contributed by atoms with van der Waals surface area (Å²) in [5.41, 5.74) is 4.51. The van der Waals surface area contributed by atoms with E-state index in [0.29, 0.717) is 24.6 Å². The molecule has 0 N–H and O–H groups in total. The van der Waals surface area contributed by atoms with Crippen LogP contribution in [0.4, 0.5) is 0 Å². The second kappa shape index (κ2) is 15.8. The standard InChI is InChI=1S/C37H39ClN4O7S/c1-36(2,3)50-35-30-18-29(46-21-28-15-12-26-8-6-7-9-31(26)40-28)16-17-32(30)41(20-25-10-13-27(38)14-11-25)33(35)19-37(4,5)23-39-48-22-34(43)47-24-49-42(44)45/h6-18,23H,19-22,24H2,1-5H3/b39-23+. The summed E-state index contributed by atoms with van der Waals surface area (Å²) in [5.74, 6) is -0.105. The maximum absolute atomic E-state index is 11.8. The Bertz CT molecular complexity index is 2010. The lowest BCUT2D eigenvalue weighted by Gasteiger charge is -2.24. The van der Waals surface area contributed by atoms with E-state index in [0.717, 1.165) is 49.4 Å². The highest BCUT2D eigenvalue weighted by Gasteiger charge is 2.28. The number of ether oxygens (including phenoxy) is 2. The molecule has 2 aromatic heterocycles. The number of thioether (sulfide) groups is 1. The second-order valence-electron chi connectivity index (χ2n) is 13.3. The van der Waals surface area contributed by atoms with E-state index in [2.05, 4.69) is 58.3 Å². The van der Waals surface area contributed by atoms with E-state index in [1.54, 1.807) is 18.0 Å². The molecule has 5 aromatic rings. The average molecular weight is 719 g/mol. The van der Waals surface area contributed by atoms with Gasteiger partial charge in [-0.05, 0) is 54.4 Å². The number of hydrogen-bond acceptors (Lipinski definition) is 10. The quantitative estimate of drug-likeness (QED) is 0.0261. The molecule has 0 fully saturated rings. The predicted molar refractivity (Wildman–Crippen MR) is 195 cm³/mol. The zero-order chi connectivity index (χ0) is 35.9. The van der Waals surface area contributed by atoms with Crippen molar-refractivity contribution >= 4 is 57.4 Å². The Kier molecular flexibility index (Phi) is 11.5. The fourth-order valence-corrected chi connectivity index (χ4v) is 6.58. The van der Waals surface area contributed by atoms with E-state index in [4.69, 9.17) is 26.2 Å². The van der Waals surface area contributed by atoms with Crippen LogP contribution in [0.1, 0.15) is 51.6 Å². The van der Waals surface area contributed by atoms with E-state index < -0.39 is 29.9 Å². The van der Waals surface area contributed by atoms with Gasteiger partial charge in [0.05, 0.1) is 11.2 Å². The normalized spacial score (nSPS) is 12.0. The lowest BCUT2D eigenvalue weighted by atomic mass is 9.89. The summed E-state index contributed by atoms with van der Waals surface area (Å²) in [4.78, 5) is 37.1. The van der Waals surface area contributed by atoms with Crippen molar-refractivity contribution in [3.63, 3.8) is 0 Å². The van der Waals surface area contributed by atoms with Gasteiger partial charge in [0.2, 0.25) is 13.4 Å². The number of pyridine rings is 1. The highest BCUT2D eigenvalue weighted by molar-refractivity contribution is 8.00. The van der Waals surface area contributed by atoms with Gasteiger partial charge < -0.3 is 18.9 Å². The summed E-state index contributed by atoms with van der Waals surface area (Å²) in [5, 5.41) is 16.1. The number of esters is 1. The highest BCUT2D eigenvalue weighted by atomic mass is 35.5. The van der Waals surface area contributed by atoms with Gasteiger partial charge >= 0.3 is 5.97 Å². The number of para-hydroxylation sites is 1. The van der Waals surface area contributed by atoms with Crippen LogP contribution in [0.3, 0.4) is 0 Å². The number of carbonyl (C=O) groups excluding carboxylic acids is 1. The molecule has 0 bridgehead atoms. The lowest BCUT2D eigenvalue weighted by molar-refractivity contribution is -0.765. The summed E-state index contributed by atoms with van der Waals surface area (Å²) in [7, 11) is 0. The molecule has 262 valence electrons. The number of nitrogens with zero attached hydrogens (tertiary/aromatic N) is 4. The molecule has 0 atom stereocenters. The molecule has 0 unspecified atom stereocenters. The van der Waals surface area contributed by atoms with Gasteiger partial charge in [0.1, 0.15) is 12.4 Å². The van der Waals surface area contributed by atoms with Crippen LogP contribution in [0.15, 0.2) is 88.9 Å². The third-order valence-corrected chi connectivity index (χ3v) is 8.98. The van der Waals surface area contributed by atoms with Crippen LogP contribution in [0.25, 0.3) is 21.8 Å². The van der Waals surface area contributed by atoms with Crippen molar-refractivity contribution in [2.24, 2.45) is 10.6 Å². The van der Waals surface area contributed by atoms with Gasteiger partial charge in [-0.25, -0.2) is 9.78 Å². The molecule has 0 radical (unpaired) electrons. The largest absolute Gasteiger partial charge is 0.487 e. The number of hydrogen-bond donors (Lipinski definition) is 0. The number of fused-ring (bicyclic) bond motifs is 2. The number of rotatable bonds is 15. The number of halogens is 1. The van der Waals surface area contributed by atoms with Gasteiger partial charge in [-0.3, -0.25) is 4.84 Å². The maximum atomic E-state index is 11.8. The zero-order valence-corrected chi connectivity index (χ0v) is 30.1. The van der Waals surface area contributed by atoms with Crippen LogP contribution in [-0.2, 0) is 38.8 Å². The molecule has 11 nitrogen and oxygen atoms in total. The highest BCUT2D eigenvalue weighted by Crippen LogP contribution is 2.44. The third kappa shape index (κ3) is 10.1. The number of aromatic nitrogens is 2. The molecule has 0 saturated heterocycles. The Morgan fingerprint density at radius 3 is 2.54 bits per heavy atom. The Labute approximate surface area is 299 Å².